The number of likely N-dealkylation sites (tertiary alicyclic amines) is 1. The molecule has 1 saturated heterocycles. The summed E-state index contributed by atoms with van der Waals surface area (Å²) in [5, 5.41) is 9.45. The molecular formula is C24H19F2N3O2. The molecule has 5 nitrogen and oxygen atoms in total. The third-order valence-corrected chi connectivity index (χ3v) is 5.87. The lowest BCUT2D eigenvalue weighted by molar-refractivity contribution is -0.0494. The number of nitrogens with one attached hydrogen (secondary N) is 1. The molecule has 0 saturated carbocycles. The lowest BCUT2D eigenvalue weighted by Crippen LogP contribution is -2.42. The number of aromatic amines is 1. The van der Waals surface area contributed by atoms with Crippen molar-refractivity contribution in [2.75, 3.05) is 13.1 Å². The van der Waals surface area contributed by atoms with Crippen molar-refractivity contribution in [1.82, 2.24) is 15.1 Å². The van der Waals surface area contributed by atoms with Crippen molar-refractivity contribution in [3.8, 4) is 11.1 Å². The molecule has 0 radical (unpaired) electrons. The molecule has 31 heavy (non-hydrogen) atoms. The van der Waals surface area contributed by atoms with Crippen molar-refractivity contribution in [1.29, 1.82) is 0 Å². The van der Waals surface area contributed by atoms with E-state index in [4.69, 9.17) is 0 Å². The van der Waals surface area contributed by atoms with Crippen LogP contribution in [0.3, 0.4) is 0 Å². The molecule has 3 aromatic carbocycles. The standard InChI is InChI=1S/C24H19F2N3O2/c25-24(26)7-9-29(10-8-24)23(31)18-4-2-15-1-3-16(11-19(15)13-18)17-5-6-21-20(12-17)14-27-28-22(21)30/h1-6,11-14H,7-10H2,(H,28,30). The Balaban J connectivity index is 1.48. The van der Waals surface area contributed by atoms with Crippen molar-refractivity contribution in [2.24, 2.45) is 0 Å². The number of carbonyl (C=O) groups excluding carboxylic acids is 1. The zero-order valence-corrected chi connectivity index (χ0v) is 16.6. The molecule has 7 heteroatoms. The summed E-state index contributed by atoms with van der Waals surface area (Å²) in [5.74, 6) is -2.91. The number of hydrogen-bond acceptors (Lipinski definition) is 3. The second-order valence-corrected chi connectivity index (χ2v) is 7.93. The van der Waals surface area contributed by atoms with Crippen LogP contribution < -0.4 is 5.56 Å². The molecule has 1 aromatic heterocycles. The van der Waals surface area contributed by atoms with E-state index in [9.17, 15) is 18.4 Å². The molecule has 1 fully saturated rings. The SMILES string of the molecule is O=C(c1ccc2ccc(-c3ccc4c(=O)[nH]ncc4c3)cc2c1)N1CCC(F)(F)CC1. The number of H-pyrrole nitrogens is 1. The Bertz CT molecular complexity index is 1370. The summed E-state index contributed by atoms with van der Waals surface area (Å²) in [7, 11) is 0. The van der Waals surface area contributed by atoms with Crippen LogP contribution in [0, 0.1) is 0 Å². The van der Waals surface area contributed by atoms with Gasteiger partial charge in [-0.3, -0.25) is 9.59 Å². The lowest BCUT2D eigenvalue weighted by atomic mass is 9.98. The normalized spacial score (nSPS) is 16.0. The Morgan fingerprint density at radius 3 is 2.35 bits per heavy atom. The maximum atomic E-state index is 13.4. The van der Waals surface area contributed by atoms with Crippen LogP contribution in [0.1, 0.15) is 23.2 Å². The van der Waals surface area contributed by atoms with Gasteiger partial charge in [0, 0.05) is 36.9 Å². The molecule has 1 N–H and O–H groups in total. The Kier molecular flexibility index (Phi) is 4.54. The summed E-state index contributed by atoms with van der Waals surface area (Å²) in [6, 6.07) is 16.9. The first kappa shape index (κ1) is 19.4. The molecule has 4 aromatic rings. The molecule has 0 spiro atoms. The fourth-order valence-electron chi connectivity index (χ4n) is 4.06. The Hall–Kier alpha value is -3.61. The summed E-state index contributed by atoms with van der Waals surface area (Å²) < 4.78 is 26.8. The first-order chi connectivity index (χ1) is 14.9. The minimum absolute atomic E-state index is 0.0637. The van der Waals surface area contributed by atoms with Gasteiger partial charge < -0.3 is 4.90 Å². The molecule has 5 rings (SSSR count). The number of fused-ring (bicyclic) bond motifs is 2. The van der Waals surface area contributed by atoms with E-state index in [0.29, 0.717) is 10.9 Å². The van der Waals surface area contributed by atoms with Crippen LogP contribution in [-0.4, -0.2) is 40.0 Å². The van der Waals surface area contributed by atoms with Crippen LogP contribution in [0.4, 0.5) is 8.78 Å². The molecule has 0 aliphatic carbocycles. The van der Waals surface area contributed by atoms with Crippen molar-refractivity contribution in [3.63, 3.8) is 0 Å². The van der Waals surface area contributed by atoms with Crippen LogP contribution in [0.2, 0.25) is 0 Å². The zero-order chi connectivity index (χ0) is 21.6. The van der Waals surface area contributed by atoms with Crippen LogP contribution in [0.25, 0.3) is 32.7 Å². The molecule has 156 valence electrons. The van der Waals surface area contributed by atoms with Crippen molar-refractivity contribution in [2.45, 2.75) is 18.8 Å². The average Bonchev–Trinajstić information content (AvgIpc) is 2.78. The molecule has 2 heterocycles. The van der Waals surface area contributed by atoms with Gasteiger partial charge in [-0.15, -0.1) is 0 Å². The summed E-state index contributed by atoms with van der Waals surface area (Å²) in [4.78, 5) is 26.2. The first-order valence-corrected chi connectivity index (χ1v) is 10.1. The number of hydrogen-bond donors (Lipinski definition) is 1. The maximum absolute atomic E-state index is 13.4. The van der Waals surface area contributed by atoms with E-state index in [2.05, 4.69) is 10.2 Å². The van der Waals surface area contributed by atoms with Gasteiger partial charge in [0.05, 0.1) is 11.6 Å². The van der Waals surface area contributed by atoms with Gasteiger partial charge >= 0.3 is 0 Å². The van der Waals surface area contributed by atoms with Gasteiger partial charge in [-0.25, -0.2) is 13.9 Å². The van der Waals surface area contributed by atoms with Crippen LogP contribution in [-0.2, 0) is 0 Å². The van der Waals surface area contributed by atoms with Gasteiger partial charge in [0.25, 0.3) is 17.4 Å². The van der Waals surface area contributed by atoms with Gasteiger partial charge in [-0.2, -0.15) is 5.10 Å². The minimum Gasteiger partial charge on any atom is -0.338 e. The van der Waals surface area contributed by atoms with Crippen LogP contribution in [0.15, 0.2) is 65.6 Å². The topological polar surface area (TPSA) is 66.1 Å². The summed E-state index contributed by atoms with van der Waals surface area (Å²) in [6.07, 6.45) is 1.02. The summed E-state index contributed by atoms with van der Waals surface area (Å²) in [6.45, 7) is 0.127. The fourth-order valence-corrected chi connectivity index (χ4v) is 4.06. The second kappa shape index (κ2) is 7.27. The third-order valence-electron chi connectivity index (χ3n) is 5.87. The fraction of sp³-hybridized carbons (Fsp3) is 0.208. The van der Waals surface area contributed by atoms with E-state index in [1.165, 1.54) is 4.90 Å². The quantitative estimate of drug-likeness (QED) is 0.516. The summed E-state index contributed by atoms with van der Waals surface area (Å²) >= 11 is 0. The Labute approximate surface area is 176 Å². The average molecular weight is 419 g/mol. The Morgan fingerprint density at radius 2 is 1.58 bits per heavy atom. The predicted molar refractivity (Wildman–Crippen MR) is 115 cm³/mol. The van der Waals surface area contributed by atoms with Crippen molar-refractivity contribution in [3.05, 3.63) is 76.7 Å². The Morgan fingerprint density at radius 1 is 0.903 bits per heavy atom. The molecule has 0 atom stereocenters. The molecule has 1 aliphatic heterocycles. The maximum Gasteiger partial charge on any atom is 0.272 e. The molecule has 1 aliphatic rings. The number of carbonyl (C=O) groups is 1. The highest BCUT2D eigenvalue weighted by Gasteiger charge is 2.35. The number of amides is 1. The number of alkyl halides is 2. The second-order valence-electron chi connectivity index (χ2n) is 7.93. The number of benzene rings is 3. The minimum atomic E-state index is -2.69. The first-order valence-electron chi connectivity index (χ1n) is 10.1. The predicted octanol–water partition coefficient (Wildman–Crippen LogP) is 4.61. The van der Waals surface area contributed by atoms with E-state index < -0.39 is 5.92 Å². The lowest BCUT2D eigenvalue weighted by Gasteiger charge is -2.31. The molecule has 1 amide bonds. The number of piperidine rings is 1. The van der Waals surface area contributed by atoms with Gasteiger partial charge in [-0.05, 0) is 52.2 Å². The van der Waals surface area contributed by atoms with Crippen LogP contribution >= 0.6 is 0 Å². The molecule has 0 unspecified atom stereocenters. The molecular weight excluding hydrogens is 400 g/mol. The number of nitrogens with zero attached hydrogens (tertiary/aromatic N) is 2. The van der Waals surface area contributed by atoms with E-state index in [1.54, 1.807) is 24.4 Å². The highest BCUT2D eigenvalue weighted by Crippen LogP contribution is 2.30. The summed E-state index contributed by atoms with van der Waals surface area (Å²) in [5.41, 5.74) is 2.12. The monoisotopic (exact) mass is 419 g/mol. The van der Waals surface area contributed by atoms with Crippen molar-refractivity contribution < 1.29 is 13.6 Å². The highest BCUT2D eigenvalue weighted by molar-refractivity contribution is 5.99. The van der Waals surface area contributed by atoms with Gasteiger partial charge in [0.1, 0.15) is 0 Å². The van der Waals surface area contributed by atoms with E-state index in [0.717, 1.165) is 27.3 Å². The highest BCUT2D eigenvalue weighted by atomic mass is 19.3. The van der Waals surface area contributed by atoms with Crippen molar-refractivity contribution >= 4 is 27.5 Å². The molecule has 0 bridgehead atoms. The number of rotatable bonds is 2. The third kappa shape index (κ3) is 3.67. The van der Waals surface area contributed by atoms with Gasteiger partial charge in [-0.1, -0.05) is 24.3 Å². The van der Waals surface area contributed by atoms with E-state index in [-0.39, 0.29) is 37.4 Å². The smallest absolute Gasteiger partial charge is 0.272 e. The number of aromatic nitrogens is 2. The van der Waals surface area contributed by atoms with Gasteiger partial charge in [0.15, 0.2) is 0 Å². The largest absolute Gasteiger partial charge is 0.338 e. The van der Waals surface area contributed by atoms with E-state index >= 15 is 0 Å². The van der Waals surface area contributed by atoms with Crippen LogP contribution in [0.5, 0.6) is 0 Å². The van der Waals surface area contributed by atoms with E-state index in [1.807, 2.05) is 36.4 Å². The zero-order valence-electron chi connectivity index (χ0n) is 16.6. The number of halogens is 2. The van der Waals surface area contributed by atoms with Gasteiger partial charge in [0.2, 0.25) is 0 Å².